The lowest BCUT2D eigenvalue weighted by Gasteiger charge is -2.10. The molecule has 0 aliphatic heterocycles. The molecule has 0 saturated carbocycles. The van der Waals surface area contributed by atoms with Gasteiger partial charge in [-0.2, -0.15) is 5.10 Å². The predicted octanol–water partition coefficient (Wildman–Crippen LogP) is 3.42. The molecule has 6 nitrogen and oxygen atoms in total. The first-order valence-corrected chi connectivity index (χ1v) is 9.27. The van der Waals surface area contributed by atoms with Crippen molar-refractivity contribution >= 4 is 38.5 Å². The fraction of sp³-hybridized carbons (Fsp3) is 0.263. The second-order valence-corrected chi connectivity index (χ2v) is 7.50. The summed E-state index contributed by atoms with van der Waals surface area (Å²) < 4.78 is 2.89. The van der Waals surface area contributed by atoms with Gasteiger partial charge in [0, 0.05) is 31.1 Å². The lowest BCUT2D eigenvalue weighted by molar-refractivity contribution is 0.0951. The van der Waals surface area contributed by atoms with E-state index >= 15 is 0 Å². The van der Waals surface area contributed by atoms with Crippen molar-refractivity contribution in [3.05, 3.63) is 52.8 Å². The number of amides is 1. The van der Waals surface area contributed by atoms with E-state index in [2.05, 4.69) is 33.4 Å². The first-order valence-electron chi connectivity index (χ1n) is 8.46. The van der Waals surface area contributed by atoms with E-state index in [1.807, 2.05) is 38.2 Å². The van der Waals surface area contributed by atoms with E-state index < -0.39 is 0 Å². The van der Waals surface area contributed by atoms with Crippen LogP contribution in [0.5, 0.6) is 0 Å². The van der Waals surface area contributed by atoms with E-state index in [-0.39, 0.29) is 11.8 Å². The first-order chi connectivity index (χ1) is 12.5. The summed E-state index contributed by atoms with van der Waals surface area (Å²) in [5.74, 6) is 0.0174. The average Bonchev–Trinajstić information content (AvgIpc) is 3.20. The highest BCUT2D eigenvalue weighted by molar-refractivity contribution is 7.18. The summed E-state index contributed by atoms with van der Waals surface area (Å²) in [6.07, 6.45) is 1.60. The highest BCUT2D eigenvalue weighted by Crippen LogP contribution is 2.27. The second-order valence-electron chi connectivity index (χ2n) is 6.44. The van der Waals surface area contributed by atoms with Gasteiger partial charge in [-0.05, 0) is 25.1 Å². The van der Waals surface area contributed by atoms with E-state index in [4.69, 9.17) is 0 Å². The molecule has 0 bridgehead atoms. The summed E-state index contributed by atoms with van der Waals surface area (Å²) in [5.41, 5.74) is 3.20. The van der Waals surface area contributed by atoms with Gasteiger partial charge in [0.2, 0.25) is 0 Å². The van der Waals surface area contributed by atoms with Crippen LogP contribution in [0.2, 0.25) is 0 Å². The molecule has 0 spiro atoms. The number of aryl methyl sites for hydroxylation is 2. The standard InChI is InChI=1S/C19H19N5OS/c1-11(19-22-15-6-4-5-7-16(15)26-19)9-21-18(25)13-8-14-12(2)23-24(3)17(14)20-10-13/h4-8,10-11H,9H2,1-3H3,(H,21,25). The van der Waals surface area contributed by atoms with Crippen LogP contribution < -0.4 is 5.32 Å². The number of carbonyl (C=O) groups is 1. The second kappa shape index (κ2) is 6.49. The Hall–Kier alpha value is -2.80. The van der Waals surface area contributed by atoms with E-state index in [9.17, 15) is 4.79 Å². The zero-order valence-electron chi connectivity index (χ0n) is 14.9. The fourth-order valence-corrected chi connectivity index (χ4v) is 3.99. The van der Waals surface area contributed by atoms with E-state index in [1.54, 1.807) is 22.2 Å². The largest absolute Gasteiger partial charge is 0.351 e. The Morgan fingerprint density at radius 2 is 2.15 bits per heavy atom. The molecule has 0 aliphatic carbocycles. The third kappa shape index (κ3) is 2.94. The molecule has 26 heavy (non-hydrogen) atoms. The Morgan fingerprint density at radius 3 is 2.96 bits per heavy atom. The quantitative estimate of drug-likeness (QED) is 0.601. The molecule has 1 unspecified atom stereocenters. The Kier molecular flexibility index (Phi) is 4.16. The van der Waals surface area contributed by atoms with Gasteiger partial charge >= 0.3 is 0 Å². The van der Waals surface area contributed by atoms with Crippen LogP contribution in [0.1, 0.15) is 33.9 Å². The summed E-state index contributed by atoms with van der Waals surface area (Å²) >= 11 is 1.67. The molecular formula is C19H19N5OS. The zero-order chi connectivity index (χ0) is 18.3. The molecule has 1 aromatic carbocycles. The Balaban J connectivity index is 1.48. The van der Waals surface area contributed by atoms with Crippen LogP contribution in [-0.4, -0.2) is 32.2 Å². The molecule has 0 radical (unpaired) electrons. The van der Waals surface area contributed by atoms with Crippen molar-refractivity contribution in [3.63, 3.8) is 0 Å². The molecule has 1 N–H and O–H groups in total. The van der Waals surface area contributed by atoms with Crippen LogP contribution in [0.15, 0.2) is 36.5 Å². The lowest BCUT2D eigenvalue weighted by Crippen LogP contribution is -2.27. The number of hydrogen-bond acceptors (Lipinski definition) is 5. The third-order valence-electron chi connectivity index (χ3n) is 4.43. The maximum absolute atomic E-state index is 12.5. The number of rotatable bonds is 4. The topological polar surface area (TPSA) is 72.7 Å². The molecule has 0 saturated heterocycles. The Morgan fingerprint density at radius 1 is 1.35 bits per heavy atom. The van der Waals surface area contributed by atoms with Gasteiger partial charge in [0.15, 0.2) is 5.65 Å². The summed E-state index contributed by atoms with van der Waals surface area (Å²) in [7, 11) is 1.85. The van der Waals surface area contributed by atoms with Crippen LogP contribution in [-0.2, 0) is 7.05 Å². The summed E-state index contributed by atoms with van der Waals surface area (Å²) in [6.45, 7) is 4.52. The van der Waals surface area contributed by atoms with Crippen molar-refractivity contribution in [3.8, 4) is 0 Å². The normalized spacial score (nSPS) is 12.6. The van der Waals surface area contributed by atoms with E-state index in [0.717, 1.165) is 27.3 Å². The van der Waals surface area contributed by atoms with Gasteiger partial charge in [-0.3, -0.25) is 9.48 Å². The van der Waals surface area contributed by atoms with Crippen molar-refractivity contribution in [2.24, 2.45) is 7.05 Å². The maximum atomic E-state index is 12.5. The van der Waals surface area contributed by atoms with Crippen molar-refractivity contribution in [2.75, 3.05) is 6.54 Å². The number of fused-ring (bicyclic) bond motifs is 2. The molecule has 132 valence electrons. The number of carbonyl (C=O) groups excluding carboxylic acids is 1. The molecule has 7 heteroatoms. The van der Waals surface area contributed by atoms with Gasteiger partial charge in [-0.15, -0.1) is 11.3 Å². The maximum Gasteiger partial charge on any atom is 0.252 e. The van der Waals surface area contributed by atoms with Gasteiger partial charge in [0.25, 0.3) is 5.91 Å². The highest BCUT2D eigenvalue weighted by atomic mass is 32.1. The van der Waals surface area contributed by atoms with Gasteiger partial charge in [0.1, 0.15) is 0 Å². The van der Waals surface area contributed by atoms with Crippen LogP contribution in [0.25, 0.3) is 21.3 Å². The molecule has 1 atom stereocenters. The third-order valence-corrected chi connectivity index (χ3v) is 5.69. The van der Waals surface area contributed by atoms with E-state index in [1.165, 1.54) is 4.70 Å². The van der Waals surface area contributed by atoms with Gasteiger partial charge < -0.3 is 5.32 Å². The summed E-state index contributed by atoms with van der Waals surface area (Å²) in [6, 6.07) is 9.93. The number of para-hydroxylation sites is 1. The molecular weight excluding hydrogens is 346 g/mol. The number of hydrogen-bond donors (Lipinski definition) is 1. The molecule has 4 aromatic rings. The van der Waals surface area contributed by atoms with Gasteiger partial charge in [0.05, 0.1) is 26.5 Å². The fourth-order valence-electron chi connectivity index (χ4n) is 2.97. The summed E-state index contributed by atoms with van der Waals surface area (Å²) in [5, 5.41) is 9.27. The minimum absolute atomic E-state index is 0.129. The molecule has 1 amide bonds. The molecule has 0 fully saturated rings. The number of benzene rings is 1. The molecule has 3 heterocycles. The zero-order valence-corrected chi connectivity index (χ0v) is 15.7. The summed E-state index contributed by atoms with van der Waals surface area (Å²) in [4.78, 5) is 21.5. The lowest BCUT2D eigenvalue weighted by atomic mass is 10.1. The van der Waals surface area contributed by atoms with Crippen molar-refractivity contribution < 1.29 is 4.79 Å². The SMILES string of the molecule is Cc1nn(C)c2ncc(C(=O)NCC(C)c3nc4ccccc4s3)cc12. The van der Waals surface area contributed by atoms with Crippen molar-refractivity contribution in [2.45, 2.75) is 19.8 Å². The number of pyridine rings is 1. The monoisotopic (exact) mass is 365 g/mol. The van der Waals surface area contributed by atoms with Gasteiger partial charge in [-0.1, -0.05) is 19.1 Å². The molecule has 0 aliphatic rings. The van der Waals surface area contributed by atoms with Crippen LogP contribution in [0.3, 0.4) is 0 Å². The van der Waals surface area contributed by atoms with Crippen LogP contribution in [0.4, 0.5) is 0 Å². The Labute approximate surface area is 154 Å². The minimum atomic E-state index is -0.129. The van der Waals surface area contributed by atoms with E-state index in [0.29, 0.717) is 12.1 Å². The van der Waals surface area contributed by atoms with Crippen molar-refractivity contribution in [1.29, 1.82) is 0 Å². The van der Waals surface area contributed by atoms with Crippen molar-refractivity contribution in [1.82, 2.24) is 25.1 Å². The number of nitrogens with zero attached hydrogens (tertiary/aromatic N) is 4. The first kappa shape index (κ1) is 16.7. The Bertz CT molecular complexity index is 1080. The number of aromatic nitrogens is 4. The van der Waals surface area contributed by atoms with Gasteiger partial charge in [-0.25, -0.2) is 9.97 Å². The average molecular weight is 365 g/mol. The number of thiazole rings is 1. The number of nitrogens with one attached hydrogen (secondary N) is 1. The predicted molar refractivity (Wildman–Crippen MR) is 104 cm³/mol. The molecule has 4 rings (SSSR count). The van der Waals surface area contributed by atoms with Crippen LogP contribution >= 0.6 is 11.3 Å². The highest BCUT2D eigenvalue weighted by Gasteiger charge is 2.15. The molecule has 3 aromatic heterocycles. The van der Waals surface area contributed by atoms with Crippen LogP contribution in [0, 0.1) is 6.92 Å². The minimum Gasteiger partial charge on any atom is -0.351 e. The smallest absolute Gasteiger partial charge is 0.252 e.